The van der Waals surface area contributed by atoms with E-state index in [1.54, 1.807) is 36.1 Å². The second kappa shape index (κ2) is 8.95. The van der Waals surface area contributed by atoms with Crippen LogP contribution in [-0.4, -0.2) is 47.1 Å². The molecule has 0 unspecified atom stereocenters. The highest BCUT2D eigenvalue weighted by Crippen LogP contribution is 2.35. The number of hydrogen-bond donors (Lipinski definition) is 0. The summed E-state index contributed by atoms with van der Waals surface area (Å²) in [5.74, 6) is -0.162. The number of rotatable bonds is 4. The zero-order valence-corrected chi connectivity index (χ0v) is 18.4. The molecule has 4 rings (SSSR count). The van der Waals surface area contributed by atoms with Crippen molar-refractivity contribution < 1.29 is 31.1 Å². The third-order valence-electron chi connectivity index (χ3n) is 6.11. The van der Waals surface area contributed by atoms with Crippen molar-refractivity contribution in [1.29, 1.82) is 0 Å². The average Bonchev–Trinajstić information content (AvgIpc) is 3.09. The minimum absolute atomic E-state index is 0.0328. The predicted octanol–water partition coefficient (Wildman–Crippen LogP) is 5.31. The molecule has 1 aromatic carbocycles. The molecule has 2 aliphatic heterocycles. The SMILES string of the molecule is C[C@@H]1C(C(F)(F)F)=NN(c2ccc(OC3CCN(c4nccc(C(F)(F)F)n4)CC3)cc2)[C@H]1C. The van der Waals surface area contributed by atoms with Crippen molar-refractivity contribution in [2.75, 3.05) is 23.0 Å². The monoisotopic (exact) mass is 487 g/mol. The fourth-order valence-corrected chi connectivity index (χ4v) is 4.05. The average molecular weight is 487 g/mol. The molecule has 1 fully saturated rings. The summed E-state index contributed by atoms with van der Waals surface area (Å²) >= 11 is 0. The quantitative estimate of drug-likeness (QED) is 0.548. The largest absolute Gasteiger partial charge is 0.490 e. The number of alkyl halides is 6. The standard InChI is InChI=1S/C22H23F6N5O/c1-13-14(2)33(31-19(13)22(26,27)28)15-3-5-16(6-4-15)34-17-8-11-32(12-9-17)20-29-10-7-18(30-20)21(23,24)25/h3-7,10,13-14,17H,8-9,11-12H2,1-2H3/t13-,14-/m0/s1. The Kier molecular flexibility index (Phi) is 6.34. The van der Waals surface area contributed by atoms with Gasteiger partial charge in [0, 0.05) is 38.0 Å². The van der Waals surface area contributed by atoms with Crippen molar-refractivity contribution in [3.05, 3.63) is 42.2 Å². The van der Waals surface area contributed by atoms with Gasteiger partial charge in [-0.25, -0.2) is 9.97 Å². The summed E-state index contributed by atoms with van der Waals surface area (Å²) < 4.78 is 84.1. The van der Waals surface area contributed by atoms with E-state index in [9.17, 15) is 26.3 Å². The molecule has 2 atom stereocenters. The van der Waals surface area contributed by atoms with Crippen LogP contribution in [0.4, 0.5) is 38.0 Å². The van der Waals surface area contributed by atoms with Gasteiger partial charge in [-0.2, -0.15) is 31.4 Å². The van der Waals surface area contributed by atoms with E-state index in [4.69, 9.17) is 4.74 Å². The van der Waals surface area contributed by atoms with E-state index < -0.39 is 35.7 Å². The number of nitrogens with zero attached hydrogens (tertiary/aromatic N) is 5. The molecule has 0 N–H and O–H groups in total. The molecule has 1 saturated heterocycles. The molecule has 1 aromatic heterocycles. The van der Waals surface area contributed by atoms with Crippen LogP contribution < -0.4 is 14.6 Å². The molecule has 6 nitrogen and oxygen atoms in total. The van der Waals surface area contributed by atoms with Gasteiger partial charge in [0.05, 0.1) is 11.7 Å². The number of aromatic nitrogens is 2. The predicted molar refractivity (Wildman–Crippen MR) is 114 cm³/mol. The van der Waals surface area contributed by atoms with Crippen LogP contribution in [0.15, 0.2) is 41.6 Å². The molecule has 3 heterocycles. The Labute approximate surface area is 192 Å². The lowest BCUT2D eigenvalue weighted by Gasteiger charge is -2.32. The summed E-state index contributed by atoms with van der Waals surface area (Å²) in [7, 11) is 0. The highest BCUT2D eigenvalue weighted by molar-refractivity contribution is 5.95. The third-order valence-corrected chi connectivity index (χ3v) is 6.11. The first-order valence-electron chi connectivity index (χ1n) is 10.8. The Morgan fingerprint density at radius 3 is 2.12 bits per heavy atom. The van der Waals surface area contributed by atoms with Crippen molar-refractivity contribution in [3.8, 4) is 5.75 Å². The second-order valence-electron chi connectivity index (χ2n) is 8.39. The van der Waals surface area contributed by atoms with Gasteiger partial charge in [-0.1, -0.05) is 6.92 Å². The fraction of sp³-hybridized carbons (Fsp3) is 0.500. The molecule has 0 radical (unpaired) electrons. The number of benzene rings is 1. The van der Waals surface area contributed by atoms with Crippen LogP contribution in [0.3, 0.4) is 0 Å². The smallest absolute Gasteiger partial charge is 0.433 e. The number of hydrogen-bond acceptors (Lipinski definition) is 6. The lowest BCUT2D eigenvalue weighted by Crippen LogP contribution is -2.39. The van der Waals surface area contributed by atoms with E-state index in [0.717, 1.165) is 12.3 Å². The molecule has 0 bridgehead atoms. The van der Waals surface area contributed by atoms with Gasteiger partial charge in [-0.15, -0.1) is 0 Å². The van der Waals surface area contributed by atoms with Crippen LogP contribution in [-0.2, 0) is 6.18 Å². The van der Waals surface area contributed by atoms with E-state index in [2.05, 4.69) is 15.1 Å². The van der Waals surface area contributed by atoms with Gasteiger partial charge in [0.15, 0.2) is 0 Å². The molecule has 34 heavy (non-hydrogen) atoms. The summed E-state index contributed by atoms with van der Waals surface area (Å²) in [5, 5.41) is 5.16. The number of piperidine rings is 1. The molecular weight excluding hydrogens is 464 g/mol. The van der Waals surface area contributed by atoms with Crippen LogP contribution in [0.5, 0.6) is 5.75 Å². The van der Waals surface area contributed by atoms with Crippen LogP contribution >= 0.6 is 0 Å². The van der Waals surface area contributed by atoms with E-state index in [-0.39, 0.29) is 12.1 Å². The summed E-state index contributed by atoms with van der Waals surface area (Å²) in [6.45, 7) is 4.06. The van der Waals surface area contributed by atoms with Gasteiger partial charge in [0.2, 0.25) is 5.95 Å². The lowest BCUT2D eigenvalue weighted by atomic mass is 9.98. The first-order valence-corrected chi connectivity index (χ1v) is 10.8. The lowest BCUT2D eigenvalue weighted by molar-refractivity contribution is -0.141. The number of halogens is 6. The van der Waals surface area contributed by atoms with Gasteiger partial charge in [0.1, 0.15) is 23.3 Å². The minimum atomic E-state index is -4.53. The number of ether oxygens (including phenoxy) is 1. The maximum Gasteiger partial charge on any atom is 0.433 e. The third kappa shape index (κ3) is 5.05. The van der Waals surface area contributed by atoms with E-state index in [1.165, 1.54) is 11.9 Å². The fourth-order valence-electron chi connectivity index (χ4n) is 4.05. The van der Waals surface area contributed by atoms with Gasteiger partial charge in [-0.05, 0) is 37.3 Å². The van der Waals surface area contributed by atoms with Crippen LogP contribution in [0.25, 0.3) is 0 Å². The van der Waals surface area contributed by atoms with Gasteiger partial charge >= 0.3 is 12.4 Å². The molecule has 2 aromatic rings. The van der Waals surface area contributed by atoms with Crippen LogP contribution in [0.1, 0.15) is 32.4 Å². The molecule has 2 aliphatic rings. The minimum Gasteiger partial charge on any atom is -0.490 e. The molecule has 0 saturated carbocycles. The van der Waals surface area contributed by atoms with Crippen LogP contribution in [0.2, 0.25) is 0 Å². The Balaban J connectivity index is 1.35. The van der Waals surface area contributed by atoms with E-state index in [0.29, 0.717) is 37.4 Å². The Morgan fingerprint density at radius 2 is 1.56 bits per heavy atom. The molecule has 0 spiro atoms. The van der Waals surface area contributed by atoms with Gasteiger partial charge < -0.3 is 9.64 Å². The summed E-state index contributed by atoms with van der Waals surface area (Å²) in [4.78, 5) is 9.26. The summed E-state index contributed by atoms with van der Waals surface area (Å²) in [6.07, 6.45) is -6.95. The highest BCUT2D eigenvalue weighted by Gasteiger charge is 2.46. The van der Waals surface area contributed by atoms with E-state index >= 15 is 0 Å². The molecule has 0 aliphatic carbocycles. The zero-order chi connectivity index (χ0) is 24.7. The van der Waals surface area contributed by atoms with Crippen molar-refractivity contribution in [2.45, 2.75) is 51.2 Å². The zero-order valence-electron chi connectivity index (χ0n) is 18.4. The Bertz CT molecular complexity index is 1030. The second-order valence-corrected chi connectivity index (χ2v) is 8.39. The molecular formula is C22H23F6N5O. The highest BCUT2D eigenvalue weighted by atomic mass is 19.4. The van der Waals surface area contributed by atoms with Crippen molar-refractivity contribution >= 4 is 17.3 Å². The van der Waals surface area contributed by atoms with Crippen LogP contribution in [0, 0.1) is 5.92 Å². The molecule has 12 heteroatoms. The summed E-state index contributed by atoms with van der Waals surface area (Å²) in [5.41, 5.74) is -1.25. The molecule has 0 amide bonds. The maximum atomic E-state index is 13.2. The Morgan fingerprint density at radius 1 is 0.912 bits per heavy atom. The Hall–Kier alpha value is -3.05. The molecule has 184 valence electrons. The van der Waals surface area contributed by atoms with Crippen molar-refractivity contribution in [2.24, 2.45) is 11.0 Å². The maximum absolute atomic E-state index is 13.2. The van der Waals surface area contributed by atoms with E-state index in [1.807, 2.05) is 0 Å². The van der Waals surface area contributed by atoms with Gasteiger partial charge in [-0.3, -0.25) is 5.01 Å². The van der Waals surface area contributed by atoms with Crippen molar-refractivity contribution in [3.63, 3.8) is 0 Å². The van der Waals surface area contributed by atoms with Crippen molar-refractivity contribution in [1.82, 2.24) is 9.97 Å². The van der Waals surface area contributed by atoms with Gasteiger partial charge in [0.25, 0.3) is 0 Å². The normalized spacial score (nSPS) is 22.2. The first kappa shape index (κ1) is 24.1. The first-order chi connectivity index (χ1) is 15.9. The number of anilines is 2. The summed E-state index contributed by atoms with van der Waals surface area (Å²) in [6, 6.07) is 7.07. The topological polar surface area (TPSA) is 53.9 Å². The number of hydrazone groups is 1.